The second kappa shape index (κ2) is 4.76. The van der Waals surface area contributed by atoms with Crippen molar-refractivity contribution < 1.29 is 4.92 Å². The molecule has 0 bridgehead atoms. The molecule has 0 aromatic heterocycles. The van der Waals surface area contributed by atoms with Gasteiger partial charge >= 0.3 is 0 Å². The van der Waals surface area contributed by atoms with Gasteiger partial charge in [-0.3, -0.25) is 10.1 Å². The molecular weight excluding hydrogens is 264 g/mol. The van der Waals surface area contributed by atoms with Gasteiger partial charge in [-0.15, -0.1) is 0 Å². The van der Waals surface area contributed by atoms with E-state index in [-0.39, 0.29) is 5.69 Å². The van der Waals surface area contributed by atoms with Gasteiger partial charge in [0, 0.05) is 25.2 Å². The summed E-state index contributed by atoms with van der Waals surface area (Å²) in [5.41, 5.74) is 1.54. The molecule has 0 spiro atoms. The zero-order valence-electron chi connectivity index (χ0n) is 10.7. The van der Waals surface area contributed by atoms with Crippen LogP contribution in [0, 0.1) is 21.4 Å². The van der Waals surface area contributed by atoms with Crippen LogP contribution in [0.4, 0.5) is 5.69 Å². The molecule has 0 saturated heterocycles. The number of hydrogen-bond acceptors (Lipinski definition) is 3. The molecule has 2 aliphatic rings. The molecule has 19 heavy (non-hydrogen) atoms. The highest BCUT2D eigenvalue weighted by atomic mass is 35.5. The van der Waals surface area contributed by atoms with Gasteiger partial charge in [0.25, 0.3) is 5.69 Å². The minimum absolute atomic E-state index is 0.0467. The van der Waals surface area contributed by atoms with E-state index in [1.165, 1.54) is 37.8 Å². The second-order valence-corrected chi connectivity index (χ2v) is 6.18. The molecule has 102 valence electrons. The third-order valence-electron chi connectivity index (χ3n) is 4.38. The molecule has 0 heterocycles. The summed E-state index contributed by atoms with van der Waals surface area (Å²) >= 11 is 6.07. The van der Waals surface area contributed by atoms with Gasteiger partial charge in [0.05, 0.1) is 9.95 Å². The van der Waals surface area contributed by atoms with Crippen molar-refractivity contribution in [2.45, 2.75) is 32.2 Å². The van der Waals surface area contributed by atoms with Gasteiger partial charge in [0.15, 0.2) is 0 Å². The third kappa shape index (κ3) is 2.74. The molecule has 1 N–H and O–H groups in total. The van der Waals surface area contributed by atoms with Crippen molar-refractivity contribution in [3.05, 3.63) is 38.9 Å². The normalized spacial score (nSPS) is 20.3. The van der Waals surface area contributed by atoms with E-state index in [1.807, 2.05) is 0 Å². The molecule has 2 aliphatic carbocycles. The lowest BCUT2D eigenvalue weighted by Crippen LogP contribution is -2.25. The molecule has 0 unspecified atom stereocenters. The Balaban J connectivity index is 1.56. The van der Waals surface area contributed by atoms with Gasteiger partial charge in [-0.05, 0) is 48.6 Å². The van der Waals surface area contributed by atoms with Crippen molar-refractivity contribution in [3.8, 4) is 0 Å². The average Bonchev–Trinajstić information content (AvgIpc) is 3.24. The molecule has 0 atom stereocenters. The van der Waals surface area contributed by atoms with Crippen LogP contribution in [0.25, 0.3) is 0 Å². The van der Waals surface area contributed by atoms with Crippen molar-refractivity contribution in [3.63, 3.8) is 0 Å². The Kier molecular flexibility index (Phi) is 3.23. The maximum atomic E-state index is 10.6. The van der Waals surface area contributed by atoms with Gasteiger partial charge in [0.2, 0.25) is 0 Å². The minimum atomic E-state index is -0.421. The Hall–Kier alpha value is -1.13. The first kappa shape index (κ1) is 12.9. The SMILES string of the molecule is O=[N+]([O-])c1ccc(CNCC2(C3CC3)CC2)c(Cl)c1. The van der Waals surface area contributed by atoms with E-state index in [1.54, 1.807) is 6.07 Å². The molecule has 3 rings (SSSR count). The van der Waals surface area contributed by atoms with Crippen molar-refractivity contribution in [2.24, 2.45) is 11.3 Å². The summed E-state index contributed by atoms with van der Waals surface area (Å²) < 4.78 is 0. The molecule has 0 aliphatic heterocycles. The average molecular weight is 281 g/mol. The Morgan fingerprint density at radius 2 is 2.16 bits per heavy atom. The van der Waals surface area contributed by atoms with Crippen molar-refractivity contribution in [1.82, 2.24) is 5.32 Å². The van der Waals surface area contributed by atoms with Crippen LogP contribution in [0.1, 0.15) is 31.2 Å². The topological polar surface area (TPSA) is 55.2 Å². The van der Waals surface area contributed by atoms with Gasteiger partial charge in [-0.25, -0.2) is 0 Å². The third-order valence-corrected chi connectivity index (χ3v) is 4.73. The van der Waals surface area contributed by atoms with Gasteiger partial charge < -0.3 is 5.32 Å². The number of non-ortho nitro benzene ring substituents is 1. The smallest absolute Gasteiger partial charge is 0.270 e. The Bertz CT molecular complexity index is 510. The summed E-state index contributed by atoms with van der Waals surface area (Å²) in [6, 6.07) is 4.67. The maximum Gasteiger partial charge on any atom is 0.270 e. The lowest BCUT2D eigenvalue weighted by Gasteiger charge is -2.15. The van der Waals surface area contributed by atoms with E-state index in [9.17, 15) is 10.1 Å². The largest absolute Gasteiger partial charge is 0.312 e. The molecule has 5 heteroatoms. The van der Waals surface area contributed by atoms with E-state index in [0.717, 1.165) is 18.0 Å². The van der Waals surface area contributed by atoms with Crippen molar-refractivity contribution in [1.29, 1.82) is 0 Å². The summed E-state index contributed by atoms with van der Waals surface area (Å²) in [4.78, 5) is 10.2. The molecule has 0 amide bonds. The summed E-state index contributed by atoms with van der Waals surface area (Å²) in [6.07, 6.45) is 5.47. The quantitative estimate of drug-likeness (QED) is 0.641. The highest BCUT2D eigenvalue weighted by Gasteiger charge is 2.53. The van der Waals surface area contributed by atoms with Crippen LogP contribution >= 0.6 is 11.6 Å². The van der Waals surface area contributed by atoms with Crippen LogP contribution in [0.15, 0.2) is 18.2 Å². The first-order chi connectivity index (χ1) is 9.11. The van der Waals surface area contributed by atoms with E-state index in [2.05, 4.69) is 5.32 Å². The lowest BCUT2D eigenvalue weighted by molar-refractivity contribution is -0.384. The van der Waals surface area contributed by atoms with Crippen molar-refractivity contribution in [2.75, 3.05) is 6.54 Å². The Morgan fingerprint density at radius 3 is 2.68 bits per heavy atom. The Morgan fingerprint density at radius 1 is 1.42 bits per heavy atom. The summed E-state index contributed by atoms with van der Waals surface area (Å²) in [5, 5.41) is 14.6. The lowest BCUT2D eigenvalue weighted by atomic mass is 10.0. The Labute approximate surface area is 117 Å². The fraction of sp³-hybridized carbons (Fsp3) is 0.571. The highest BCUT2D eigenvalue weighted by Crippen LogP contribution is 2.60. The number of hydrogen-bond donors (Lipinski definition) is 1. The monoisotopic (exact) mass is 280 g/mol. The molecule has 1 aromatic rings. The standard InChI is InChI=1S/C14H17ClN2O2/c15-13-7-12(17(18)19)4-1-10(13)8-16-9-14(5-6-14)11-2-3-11/h1,4,7,11,16H,2-3,5-6,8-9H2. The fourth-order valence-electron chi connectivity index (χ4n) is 2.82. The summed E-state index contributed by atoms with van der Waals surface area (Å²) in [5.74, 6) is 0.937. The van der Waals surface area contributed by atoms with E-state index >= 15 is 0 Å². The zero-order chi connectivity index (χ0) is 13.5. The van der Waals surface area contributed by atoms with Crippen LogP contribution in [-0.4, -0.2) is 11.5 Å². The van der Waals surface area contributed by atoms with Crippen LogP contribution in [0.2, 0.25) is 5.02 Å². The predicted octanol–water partition coefficient (Wildman–Crippen LogP) is 3.53. The first-order valence-electron chi connectivity index (χ1n) is 6.74. The number of nitrogens with one attached hydrogen (secondary N) is 1. The highest BCUT2D eigenvalue weighted by molar-refractivity contribution is 6.31. The minimum Gasteiger partial charge on any atom is -0.312 e. The summed E-state index contributed by atoms with van der Waals surface area (Å²) in [6.45, 7) is 1.73. The number of rotatable bonds is 6. The number of nitrogens with zero attached hydrogens (tertiary/aromatic N) is 1. The number of nitro benzene ring substituents is 1. The number of benzene rings is 1. The second-order valence-electron chi connectivity index (χ2n) is 5.77. The van der Waals surface area contributed by atoms with Gasteiger partial charge in [0.1, 0.15) is 0 Å². The number of halogens is 1. The fourth-order valence-corrected chi connectivity index (χ4v) is 3.07. The molecule has 2 saturated carbocycles. The first-order valence-corrected chi connectivity index (χ1v) is 7.12. The van der Waals surface area contributed by atoms with Crippen LogP contribution in [-0.2, 0) is 6.54 Å². The van der Waals surface area contributed by atoms with E-state index < -0.39 is 4.92 Å². The molecule has 2 fully saturated rings. The van der Waals surface area contributed by atoms with Crippen LogP contribution in [0.3, 0.4) is 0 Å². The van der Waals surface area contributed by atoms with E-state index in [0.29, 0.717) is 17.0 Å². The zero-order valence-corrected chi connectivity index (χ0v) is 11.4. The van der Waals surface area contributed by atoms with E-state index in [4.69, 9.17) is 11.6 Å². The molecule has 0 radical (unpaired) electrons. The van der Waals surface area contributed by atoms with Gasteiger partial charge in [-0.2, -0.15) is 0 Å². The molecule has 4 nitrogen and oxygen atoms in total. The van der Waals surface area contributed by atoms with Crippen LogP contribution < -0.4 is 5.32 Å². The predicted molar refractivity (Wildman–Crippen MR) is 74.2 cm³/mol. The van der Waals surface area contributed by atoms with Gasteiger partial charge in [-0.1, -0.05) is 11.6 Å². The molecule has 1 aromatic carbocycles. The molecular formula is C14H17ClN2O2. The van der Waals surface area contributed by atoms with Crippen LogP contribution in [0.5, 0.6) is 0 Å². The van der Waals surface area contributed by atoms with Crippen molar-refractivity contribution >= 4 is 17.3 Å². The summed E-state index contributed by atoms with van der Waals surface area (Å²) in [7, 11) is 0. The maximum absolute atomic E-state index is 10.6. The number of nitro groups is 1.